The van der Waals surface area contributed by atoms with E-state index in [0.717, 1.165) is 5.56 Å². The fourth-order valence-electron chi connectivity index (χ4n) is 1.18. The molecular formula is C10H13NO3. The van der Waals surface area contributed by atoms with Crippen LogP contribution in [0.4, 0.5) is 0 Å². The van der Waals surface area contributed by atoms with Gasteiger partial charge in [-0.15, -0.1) is 0 Å². The molecule has 14 heavy (non-hydrogen) atoms. The second kappa shape index (κ2) is 4.11. The minimum Gasteiger partial charge on any atom is -0.508 e. The van der Waals surface area contributed by atoms with Crippen LogP contribution in [0.1, 0.15) is 17.2 Å². The number of methoxy groups -OCH3 is 1. The zero-order chi connectivity index (χ0) is 10.7. The van der Waals surface area contributed by atoms with Crippen molar-refractivity contribution in [2.45, 2.75) is 13.0 Å². The Morgan fingerprint density at radius 3 is 2.79 bits per heavy atom. The molecule has 1 unspecified atom stereocenters. The Morgan fingerprint density at radius 1 is 1.57 bits per heavy atom. The molecule has 4 nitrogen and oxygen atoms in total. The van der Waals surface area contributed by atoms with Crippen LogP contribution >= 0.6 is 0 Å². The van der Waals surface area contributed by atoms with Crippen molar-refractivity contribution in [3.05, 3.63) is 29.3 Å². The summed E-state index contributed by atoms with van der Waals surface area (Å²) in [7, 11) is 1.26. The summed E-state index contributed by atoms with van der Waals surface area (Å²) < 4.78 is 4.49. The molecule has 0 amide bonds. The van der Waals surface area contributed by atoms with Gasteiger partial charge in [-0.05, 0) is 13.0 Å². The number of aryl methyl sites for hydroxylation is 1. The molecule has 1 aromatic carbocycles. The van der Waals surface area contributed by atoms with Crippen molar-refractivity contribution in [2.24, 2.45) is 5.73 Å². The van der Waals surface area contributed by atoms with E-state index in [1.54, 1.807) is 12.1 Å². The number of esters is 1. The van der Waals surface area contributed by atoms with Gasteiger partial charge >= 0.3 is 5.97 Å². The molecule has 4 heteroatoms. The van der Waals surface area contributed by atoms with E-state index < -0.39 is 12.0 Å². The van der Waals surface area contributed by atoms with Crippen LogP contribution in [0.3, 0.4) is 0 Å². The summed E-state index contributed by atoms with van der Waals surface area (Å²) in [5.74, 6) is -0.556. The van der Waals surface area contributed by atoms with E-state index in [2.05, 4.69) is 4.74 Å². The lowest BCUT2D eigenvalue weighted by Gasteiger charge is -2.11. The van der Waals surface area contributed by atoms with Crippen LogP contribution in [0.5, 0.6) is 5.75 Å². The van der Waals surface area contributed by atoms with E-state index in [4.69, 9.17) is 5.73 Å². The Kier molecular flexibility index (Phi) is 3.09. The number of phenols is 1. The third-order valence-corrected chi connectivity index (χ3v) is 1.97. The third kappa shape index (κ3) is 2.03. The van der Waals surface area contributed by atoms with Crippen LogP contribution in [-0.4, -0.2) is 18.2 Å². The van der Waals surface area contributed by atoms with Crippen molar-refractivity contribution in [1.82, 2.24) is 0 Å². The van der Waals surface area contributed by atoms with Crippen LogP contribution in [0.15, 0.2) is 18.2 Å². The maximum atomic E-state index is 11.1. The van der Waals surface area contributed by atoms with Gasteiger partial charge in [0.05, 0.1) is 7.11 Å². The van der Waals surface area contributed by atoms with E-state index in [1.165, 1.54) is 13.2 Å². The Balaban J connectivity index is 3.05. The molecule has 0 saturated carbocycles. The molecule has 0 radical (unpaired) electrons. The van der Waals surface area contributed by atoms with Crippen LogP contribution in [0.2, 0.25) is 0 Å². The summed E-state index contributed by atoms with van der Waals surface area (Å²) >= 11 is 0. The van der Waals surface area contributed by atoms with Crippen LogP contribution in [-0.2, 0) is 9.53 Å². The molecule has 0 aliphatic carbocycles. The number of benzene rings is 1. The molecule has 0 heterocycles. The number of carbonyl (C=O) groups is 1. The number of ether oxygens (including phenoxy) is 1. The molecular weight excluding hydrogens is 182 g/mol. The molecule has 0 fully saturated rings. The van der Waals surface area contributed by atoms with Gasteiger partial charge in [0.25, 0.3) is 0 Å². The van der Waals surface area contributed by atoms with Gasteiger partial charge in [-0.3, -0.25) is 4.79 Å². The highest BCUT2D eigenvalue weighted by Crippen LogP contribution is 2.24. The average molecular weight is 195 g/mol. The van der Waals surface area contributed by atoms with Crippen molar-refractivity contribution in [3.63, 3.8) is 0 Å². The highest BCUT2D eigenvalue weighted by atomic mass is 16.5. The van der Waals surface area contributed by atoms with Gasteiger partial charge in [-0.2, -0.15) is 0 Å². The molecule has 1 aromatic rings. The minimum atomic E-state index is -0.931. The first-order valence-electron chi connectivity index (χ1n) is 4.19. The molecule has 1 atom stereocenters. The number of hydrogen-bond acceptors (Lipinski definition) is 4. The van der Waals surface area contributed by atoms with Crippen molar-refractivity contribution >= 4 is 5.97 Å². The topological polar surface area (TPSA) is 72.5 Å². The Morgan fingerprint density at radius 2 is 2.21 bits per heavy atom. The van der Waals surface area contributed by atoms with Crippen LogP contribution < -0.4 is 5.73 Å². The van der Waals surface area contributed by atoms with Crippen molar-refractivity contribution in [2.75, 3.05) is 7.11 Å². The summed E-state index contributed by atoms with van der Waals surface area (Å²) in [6.45, 7) is 1.85. The fraction of sp³-hybridized carbons (Fsp3) is 0.300. The van der Waals surface area contributed by atoms with Crippen molar-refractivity contribution < 1.29 is 14.6 Å². The third-order valence-electron chi connectivity index (χ3n) is 1.97. The molecule has 0 aliphatic heterocycles. The summed E-state index contributed by atoms with van der Waals surface area (Å²) in [6, 6.07) is 3.98. The lowest BCUT2D eigenvalue weighted by molar-refractivity contribution is -0.142. The molecule has 0 aliphatic rings. The predicted molar refractivity (Wildman–Crippen MR) is 51.8 cm³/mol. The van der Waals surface area contributed by atoms with E-state index in [9.17, 15) is 9.90 Å². The molecule has 0 saturated heterocycles. The van der Waals surface area contributed by atoms with E-state index in [-0.39, 0.29) is 5.75 Å². The zero-order valence-electron chi connectivity index (χ0n) is 8.15. The fourth-order valence-corrected chi connectivity index (χ4v) is 1.18. The highest BCUT2D eigenvalue weighted by molar-refractivity contribution is 5.78. The van der Waals surface area contributed by atoms with Gasteiger partial charge in [0.1, 0.15) is 11.8 Å². The standard InChI is InChI=1S/C10H13NO3/c1-6-3-4-8(12)7(5-6)9(11)10(13)14-2/h3-5,9,12H,11H2,1-2H3. The molecule has 3 N–H and O–H groups in total. The number of rotatable bonds is 2. The molecule has 1 rings (SSSR count). The maximum Gasteiger partial charge on any atom is 0.327 e. The number of aromatic hydroxyl groups is 1. The number of phenolic OH excluding ortho intramolecular Hbond substituents is 1. The van der Waals surface area contributed by atoms with E-state index >= 15 is 0 Å². The monoisotopic (exact) mass is 195 g/mol. The Hall–Kier alpha value is -1.55. The summed E-state index contributed by atoms with van der Waals surface area (Å²) in [6.07, 6.45) is 0. The molecule has 76 valence electrons. The maximum absolute atomic E-state index is 11.1. The summed E-state index contributed by atoms with van der Waals surface area (Å²) in [4.78, 5) is 11.1. The lowest BCUT2D eigenvalue weighted by atomic mass is 10.0. The SMILES string of the molecule is COC(=O)C(N)c1cc(C)ccc1O. The van der Waals surface area contributed by atoms with E-state index in [1.807, 2.05) is 6.92 Å². The first-order valence-corrected chi connectivity index (χ1v) is 4.19. The van der Waals surface area contributed by atoms with Crippen molar-refractivity contribution in [3.8, 4) is 5.75 Å². The number of hydrogen-bond donors (Lipinski definition) is 2. The van der Waals surface area contributed by atoms with Crippen molar-refractivity contribution in [1.29, 1.82) is 0 Å². The quantitative estimate of drug-likeness (QED) is 0.687. The molecule has 0 aromatic heterocycles. The second-order valence-corrected chi connectivity index (χ2v) is 3.06. The normalized spacial score (nSPS) is 12.2. The Bertz CT molecular complexity index is 349. The van der Waals surface area contributed by atoms with Gasteiger partial charge in [0, 0.05) is 5.56 Å². The zero-order valence-corrected chi connectivity index (χ0v) is 8.15. The Labute approximate surface area is 82.3 Å². The molecule has 0 bridgehead atoms. The first-order chi connectivity index (χ1) is 6.56. The minimum absolute atomic E-state index is 0.00787. The largest absolute Gasteiger partial charge is 0.508 e. The molecule has 0 spiro atoms. The van der Waals surface area contributed by atoms with Crippen LogP contribution in [0.25, 0.3) is 0 Å². The smallest absolute Gasteiger partial charge is 0.327 e. The predicted octanol–water partition coefficient (Wildman–Crippen LogP) is 0.873. The second-order valence-electron chi connectivity index (χ2n) is 3.06. The number of nitrogens with two attached hydrogens (primary N) is 1. The average Bonchev–Trinajstić information content (AvgIpc) is 2.19. The lowest BCUT2D eigenvalue weighted by Crippen LogP contribution is -2.22. The number of carbonyl (C=O) groups excluding carboxylic acids is 1. The van der Waals surface area contributed by atoms with E-state index in [0.29, 0.717) is 5.56 Å². The van der Waals surface area contributed by atoms with Gasteiger partial charge in [0.15, 0.2) is 0 Å². The van der Waals surface area contributed by atoms with Gasteiger partial charge < -0.3 is 15.6 Å². The van der Waals surface area contributed by atoms with Gasteiger partial charge in [-0.25, -0.2) is 0 Å². The first kappa shape index (κ1) is 10.5. The van der Waals surface area contributed by atoms with Gasteiger partial charge in [-0.1, -0.05) is 17.7 Å². The summed E-state index contributed by atoms with van der Waals surface area (Å²) in [5.41, 5.74) is 6.90. The van der Waals surface area contributed by atoms with Crippen LogP contribution in [0, 0.1) is 6.92 Å². The highest BCUT2D eigenvalue weighted by Gasteiger charge is 2.19. The van der Waals surface area contributed by atoms with Gasteiger partial charge in [0.2, 0.25) is 0 Å². The summed E-state index contributed by atoms with van der Waals surface area (Å²) in [5, 5.41) is 9.46.